The van der Waals surface area contributed by atoms with Crippen LogP contribution in [0.5, 0.6) is 0 Å². The average molecular weight is 541 g/mol. The molecule has 2 amide bonds. The number of H-pyrrole nitrogens is 2. The van der Waals surface area contributed by atoms with E-state index in [2.05, 4.69) is 32.3 Å². The fourth-order valence-corrected chi connectivity index (χ4v) is 5.77. The Morgan fingerprint density at radius 3 is 2.50 bits per heavy atom. The number of hydrogen-bond donors (Lipinski definition) is 3. The number of methoxy groups -OCH3 is 1. The van der Waals surface area contributed by atoms with Crippen LogP contribution in [0.15, 0.2) is 59.5 Å². The Morgan fingerprint density at radius 1 is 1.05 bits per heavy atom. The minimum atomic E-state index is -0.312. The van der Waals surface area contributed by atoms with Crippen molar-refractivity contribution in [3.8, 4) is 11.4 Å². The Labute approximate surface area is 231 Å². The number of carbonyl (C=O) groups is 2. The minimum absolute atomic E-state index is 0.0954. The molecule has 10 heteroatoms. The summed E-state index contributed by atoms with van der Waals surface area (Å²) in [4.78, 5) is 54.0. The number of pyridine rings is 1. The van der Waals surface area contributed by atoms with E-state index in [0.29, 0.717) is 52.3 Å². The van der Waals surface area contributed by atoms with Gasteiger partial charge in [-0.25, -0.2) is 4.98 Å². The second-order valence-electron chi connectivity index (χ2n) is 10.6. The van der Waals surface area contributed by atoms with Gasteiger partial charge in [-0.05, 0) is 63.2 Å². The van der Waals surface area contributed by atoms with Crippen LogP contribution in [-0.2, 0) is 11.2 Å². The molecule has 6 rings (SSSR count). The first-order chi connectivity index (χ1) is 19.4. The zero-order chi connectivity index (χ0) is 27.8. The minimum Gasteiger partial charge on any atom is -0.383 e. The van der Waals surface area contributed by atoms with Gasteiger partial charge in [0, 0.05) is 19.3 Å². The molecule has 1 saturated heterocycles. The lowest BCUT2D eigenvalue weighted by Gasteiger charge is -2.33. The highest BCUT2D eigenvalue weighted by Gasteiger charge is 2.41. The summed E-state index contributed by atoms with van der Waals surface area (Å²) in [5.41, 5.74) is 3.62. The fourth-order valence-electron chi connectivity index (χ4n) is 5.77. The molecule has 2 aliphatic heterocycles. The number of piperidine rings is 1. The number of aromatic amines is 2. The van der Waals surface area contributed by atoms with E-state index in [0.717, 1.165) is 31.5 Å². The predicted octanol–water partition coefficient (Wildman–Crippen LogP) is 3.28. The van der Waals surface area contributed by atoms with Gasteiger partial charge in [0.05, 0.1) is 40.5 Å². The van der Waals surface area contributed by atoms with E-state index in [1.807, 2.05) is 25.2 Å². The molecule has 0 aliphatic carbocycles. The van der Waals surface area contributed by atoms with E-state index in [4.69, 9.17) is 9.72 Å². The van der Waals surface area contributed by atoms with Crippen molar-refractivity contribution < 1.29 is 14.3 Å². The maximum absolute atomic E-state index is 13.3. The molecule has 0 saturated carbocycles. The van der Waals surface area contributed by atoms with E-state index >= 15 is 0 Å². The van der Waals surface area contributed by atoms with Crippen molar-refractivity contribution in [1.29, 1.82) is 0 Å². The van der Waals surface area contributed by atoms with Crippen molar-refractivity contribution >= 4 is 28.5 Å². The quantitative estimate of drug-likeness (QED) is 0.293. The highest BCUT2D eigenvalue weighted by molar-refractivity contribution is 6.23. The number of amides is 2. The van der Waals surface area contributed by atoms with E-state index in [-0.39, 0.29) is 29.5 Å². The molecule has 10 nitrogen and oxygen atoms in total. The van der Waals surface area contributed by atoms with E-state index < -0.39 is 0 Å². The fraction of sp³-hybridized carbons (Fsp3) is 0.333. The molecule has 0 unspecified atom stereocenters. The van der Waals surface area contributed by atoms with Crippen LogP contribution in [-0.4, -0.2) is 82.5 Å². The van der Waals surface area contributed by atoms with Crippen LogP contribution in [0.1, 0.15) is 39.1 Å². The number of rotatable bonds is 8. The van der Waals surface area contributed by atoms with Gasteiger partial charge in [-0.2, -0.15) is 0 Å². The zero-order valence-corrected chi connectivity index (χ0v) is 22.6. The van der Waals surface area contributed by atoms with Gasteiger partial charge in [0.1, 0.15) is 11.4 Å². The van der Waals surface area contributed by atoms with Crippen LogP contribution in [0.4, 0.5) is 5.69 Å². The van der Waals surface area contributed by atoms with Crippen LogP contribution >= 0.6 is 0 Å². The Balaban J connectivity index is 1.31. The van der Waals surface area contributed by atoms with Crippen LogP contribution in [0.25, 0.3) is 22.4 Å². The lowest BCUT2D eigenvalue weighted by Crippen LogP contribution is -2.46. The lowest BCUT2D eigenvalue weighted by atomic mass is 10.0. The largest absolute Gasteiger partial charge is 0.383 e. The molecule has 1 atom stereocenters. The molecule has 2 aliphatic rings. The first-order valence-electron chi connectivity index (χ1n) is 13.5. The number of imidazole rings is 1. The molecule has 2 aromatic heterocycles. The molecule has 1 fully saturated rings. The van der Waals surface area contributed by atoms with Gasteiger partial charge in [-0.15, -0.1) is 0 Å². The summed E-state index contributed by atoms with van der Waals surface area (Å²) in [6, 6.07) is 15.0. The summed E-state index contributed by atoms with van der Waals surface area (Å²) >= 11 is 0. The number of hydrogen-bond acceptors (Lipinski definition) is 7. The summed E-state index contributed by atoms with van der Waals surface area (Å²) in [6.07, 6.45) is 3.82. The maximum Gasteiger partial charge on any atom is 0.261 e. The number of carbonyl (C=O) groups excluding carboxylic acids is 2. The highest BCUT2D eigenvalue weighted by Crippen LogP contribution is 2.33. The van der Waals surface area contributed by atoms with E-state index in [1.54, 1.807) is 31.5 Å². The van der Waals surface area contributed by atoms with Crippen LogP contribution in [0.3, 0.4) is 0 Å². The molecule has 206 valence electrons. The molecule has 40 heavy (non-hydrogen) atoms. The third-order valence-electron chi connectivity index (χ3n) is 7.82. The number of ether oxygens (including phenoxy) is 1. The molecule has 4 heterocycles. The number of likely N-dealkylation sites (tertiary alicyclic amines) is 1. The van der Waals surface area contributed by atoms with Crippen molar-refractivity contribution in [1.82, 2.24) is 24.8 Å². The third kappa shape index (κ3) is 4.80. The SMILES string of the molecule is COC[C@H](Cc1ccccc1)Nc1cc[nH]c(=O)c1-c1nc2cc3c(cc2[nH]1)C(=O)N(C1CCN(C)CC1)C3=O. The summed E-state index contributed by atoms with van der Waals surface area (Å²) < 4.78 is 5.45. The molecular formula is C30H32N6O4. The van der Waals surface area contributed by atoms with E-state index in [9.17, 15) is 14.4 Å². The van der Waals surface area contributed by atoms with Gasteiger partial charge < -0.3 is 24.9 Å². The number of fused-ring (bicyclic) bond motifs is 2. The topological polar surface area (TPSA) is 123 Å². The lowest BCUT2D eigenvalue weighted by molar-refractivity contribution is 0.0516. The Kier molecular flexibility index (Phi) is 6.95. The molecule has 0 spiro atoms. The second-order valence-corrected chi connectivity index (χ2v) is 10.6. The van der Waals surface area contributed by atoms with E-state index in [1.165, 1.54) is 4.90 Å². The molecule has 4 aromatic rings. The molecule has 3 N–H and O–H groups in total. The first kappa shape index (κ1) is 26.0. The standard InChI is InChI=1S/C30H32N6O4/c1-35-12-9-20(10-13-35)36-29(38)21-15-24-25(16-22(21)30(36)39)34-27(33-24)26-23(8-11-31-28(26)37)32-19(17-40-2)14-18-6-4-3-5-7-18/h3-8,11,15-16,19-20H,9-10,12-14,17H2,1-2H3,(H,33,34)(H2,31,32,37)/t19-/m0/s1. The second kappa shape index (κ2) is 10.7. The number of benzene rings is 2. The van der Waals surface area contributed by atoms with Gasteiger partial charge in [-0.3, -0.25) is 19.3 Å². The molecular weight excluding hydrogens is 508 g/mol. The maximum atomic E-state index is 13.3. The van der Waals surface area contributed by atoms with Gasteiger partial charge in [0.25, 0.3) is 17.4 Å². The third-order valence-corrected chi connectivity index (χ3v) is 7.82. The Hall–Kier alpha value is -4.28. The van der Waals surface area contributed by atoms with Crippen molar-refractivity contribution in [2.24, 2.45) is 0 Å². The van der Waals surface area contributed by atoms with Gasteiger partial charge in [0.15, 0.2) is 0 Å². The molecule has 2 aromatic carbocycles. The van der Waals surface area contributed by atoms with Gasteiger partial charge >= 0.3 is 0 Å². The monoisotopic (exact) mass is 540 g/mol. The van der Waals surface area contributed by atoms with Gasteiger partial charge in [0.2, 0.25) is 0 Å². The van der Waals surface area contributed by atoms with Crippen molar-refractivity contribution in [2.45, 2.75) is 31.3 Å². The predicted molar refractivity (Wildman–Crippen MR) is 153 cm³/mol. The Morgan fingerprint density at radius 2 is 1.77 bits per heavy atom. The molecule has 0 radical (unpaired) electrons. The summed E-state index contributed by atoms with van der Waals surface area (Å²) in [6.45, 7) is 2.14. The highest BCUT2D eigenvalue weighted by atomic mass is 16.5. The Bertz CT molecular complexity index is 1570. The van der Waals surface area contributed by atoms with Crippen molar-refractivity contribution in [2.75, 3.05) is 39.2 Å². The number of nitrogens with zero attached hydrogens (tertiary/aromatic N) is 3. The number of anilines is 1. The summed E-state index contributed by atoms with van der Waals surface area (Å²) in [7, 11) is 3.69. The number of aromatic nitrogens is 3. The van der Waals surface area contributed by atoms with Crippen molar-refractivity contribution in [3.05, 3.63) is 81.8 Å². The normalized spacial score (nSPS) is 17.0. The number of imide groups is 1. The summed E-state index contributed by atoms with van der Waals surface area (Å²) in [5.74, 6) is -0.189. The average Bonchev–Trinajstić information content (AvgIpc) is 3.46. The van der Waals surface area contributed by atoms with Crippen LogP contribution in [0.2, 0.25) is 0 Å². The van der Waals surface area contributed by atoms with Crippen LogP contribution in [0, 0.1) is 0 Å². The zero-order valence-electron chi connectivity index (χ0n) is 22.6. The molecule has 0 bridgehead atoms. The van der Waals surface area contributed by atoms with Gasteiger partial charge in [-0.1, -0.05) is 30.3 Å². The first-order valence-corrected chi connectivity index (χ1v) is 13.5. The number of nitrogens with one attached hydrogen (secondary N) is 3. The van der Waals surface area contributed by atoms with Crippen molar-refractivity contribution in [3.63, 3.8) is 0 Å². The summed E-state index contributed by atoms with van der Waals surface area (Å²) in [5, 5.41) is 3.46. The smallest absolute Gasteiger partial charge is 0.261 e. The van der Waals surface area contributed by atoms with Crippen LogP contribution < -0.4 is 10.9 Å².